The van der Waals surface area contributed by atoms with Gasteiger partial charge in [0.05, 0.1) is 7.11 Å². The summed E-state index contributed by atoms with van der Waals surface area (Å²) in [4.78, 5) is 37.6. The maximum Gasteiger partial charge on any atom is 0.410 e. The molecule has 1 amide bonds. The predicted molar refractivity (Wildman–Crippen MR) is 72.2 cm³/mol. The number of ether oxygens (including phenoxy) is 2. The first-order valence-corrected chi connectivity index (χ1v) is 6.76. The van der Waals surface area contributed by atoms with Crippen LogP contribution in [0.4, 0.5) is 4.79 Å². The Bertz CT molecular complexity index is 402. The summed E-state index contributed by atoms with van der Waals surface area (Å²) in [5.74, 6) is -0.759. The van der Waals surface area contributed by atoms with Crippen molar-refractivity contribution < 1.29 is 23.9 Å². The number of Topliss-reactive ketones (excluding diaryl/α,β-unsaturated/α-hetero) is 1. The fraction of sp³-hybridized carbons (Fsp3) is 0.786. The Hall–Kier alpha value is -1.59. The monoisotopic (exact) mass is 285 g/mol. The lowest BCUT2D eigenvalue weighted by Crippen LogP contribution is -2.56. The second kappa shape index (κ2) is 5.81. The van der Waals surface area contributed by atoms with Gasteiger partial charge in [-0.3, -0.25) is 9.59 Å². The van der Waals surface area contributed by atoms with Crippen LogP contribution in [0.3, 0.4) is 0 Å². The minimum absolute atomic E-state index is 0.0178. The summed E-state index contributed by atoms with van der Waals surface area (Å²) in [5, 5.41) is 0. The van der Waals surface area contributed by atoms with Crippen LogP contribution in [0, 0.1) is 5.41 Å². The van der Waals surface area contributed by atoms with Gasteiger partial charge in [-0.05, 0) is 27.2 Å². The van der Waals surface area contributed by atoms with Crippen molar-refractivity contribution in [1.82, 2.24) is 4.90 Å². The molecule has 0 aromatic rings. The number of ketones is 1. The molecule has 0 radical (unpaired) electrons. The zero-order chi connectivity index (χ0) is 15.6. The van der Waals surface area contributed by atoms with E-state index in [-0.39, 0.29) is 25.3 Å². The van der Waals surface area contributed by atoms with E-state index < -0.39 is 23.1 Å². The van der Waals surface area contributed by atoms with Crippen LogP contribution >= 0.6 is 0 Å². The summed E-state index contributed by atoms with van der Waals surface area (Å²) < 4.78 is 10.0. The van der Waals surface area contributed by atoms with Crippen LogP contribution in [0.2, 0.25) is 0 Å². The van der Waals surface area contributed by atoms with Crippen molar-refractivity contribution >= 4 is 17.8 Å². The van der Waals surface area contributed by atoms with E-state index in [1.807, 2.05) is 0 Å². The fourth-order valence-electron chi connectivity index (χ4n) is 2.28. The largest absolute Gasteiger partial charge is 0.468 e. The van der Waals surface area contributed by atoms with Gasteiger partial charge in [-0.15, -0.1) is 0 Å². The van der Waals surface area contributed by atoms with Crippen LogP contribution in [0.25, 0.3) is 0 Å². The number of hydrogen-bond donors (Lipinski definition) is 0. The van der Waals surface area contributed by atoms with E-state index >= 15 is 0 Å². The van der Waals surface area contributed by atoms with Crippen LogP contribution in [0.15, 0.2) is 0 Å². The average molecular weight is 285 g/mol. The number of carbonyl (C=O) groups is 3. The molecule has 1 rings (SSSR count). The molecule has 0 spiro atoms. The van der Waals surface area contributed by atoms with Crippen molar-refractivity contribution in [2.75, 3.05) is 20.2 Å². The normalized spacial score (nSPS) is 23.4. The molecule has 1 heterocycles. The van der Waals surface area contributed by atoms with Gasteiger partial charge >= 0.3 is 12.1 Å². The number of rotatable bonds is 2. The van der Waals surface area contributed by atoms with Gasteiger partial charge in [0.15, 0.2) is 5.78 Å². The number of methoxy groups -OCH3 is 1. The molecule has 0 N–H and O–H groups in total. The van der Waals surface area contributed by atoms with Gasteiger partial charge in [0.25, 0.3) is 0 Å². The summed E-state index contributed by atoms with van der Waals surface area (Å²) in [6, 6.07) is 0. The summed E-state index contributed by atoms with van der Waals surface area (Å²) in [5.41, 5.74) is -1.87. The minimum Gasteiger partial charge on any atom is -0.468 e. The van der Waals surface area contributed by atoms with Crippen molar-refractivity contribution in [3.8, 4) is 0 Å². The first-order chi connectivity index (χ1) is 9.16. The number of nitrogens with zero attached hydrogens (tertiary/aromatic N) is 1. The summed E-state index contributed by atoms with van der Waals surface area (Å²) in [7, 11) is 1.25. The van der Waals surface area contributed by atoms with Crippen LogP contribution in [-0.2, 0) is 19.1 Å². The van der Waals surface area contributed by atoms with Crippen molar-refractivity contribution in [1.29, 1.82) is 0 Å². The molecule has 1 saturated heterocycles. The molecule has 1 aliphatic rings. The van der Waals surface area contributed by atoms with Gasteiger partial charge < -0.3 is 14.4 Å². The van der Waals surface area contributed by atoms with Crippen molar-refractivity contribution in [2.45, 2.75) is 46.1 Å². The SMILES string of the molecule is CC[C@@]1(C(=O)OC)CN(C(=O)OC(C)(C)C)CCC1=O. The second-order valence-corrected chi connectivity index (χ2v) is 6.00. The third-order valence-corrected chi connectivity index (χ3v) is 3.43. The first kappa shape index (κ1) is 16.5. The number of piperidine rings is 1. The van der Waals surface area contributed by atoms with Gasteiger partial charge in [0, 0.05) is 19.5 Å². The summed E-state index contributed by atoms with van der Waals surface area (Å²) in [6.07, 6.45) is -0.0632. The third kappa shape index (κ3) is 3.29. The first-order valence-electron chi connectivity index (χ1n) is 6.76. The van der Waals surface area contributed by atoms with Gasteiger partial charge in [-0.2, -0.15) is 0 Å². The number of hydrogen-bond acceptors (Lipinski definition) is 5. The zero-order valence-electron chi connectivity index (χ0n) is 12.8. The molecule has 0 aliphatic carbocycles. The minimum atomic E-state index is -1.26. The average Bonchev–Trinajstić information content (AvgIpc) is 2.36. The topological polar surface area (TPSA) is 72.9 Å². The quantitative estimate of drug-likeness (QED) is 0.571. The van der Waals surface area contributed by atoms with Gasteiger partial charge in [0.1, 0.15) is 11.0 Å². The molecule has 6 heteroatoms. The highest BCUT2D eigenvalue weighted by Gasteiger charge is 2.50. The molecular formula is C14H23NO5. The van der Waals surface area contributed by atoms with Crippen LogP contribution in [-0.4, -0.2) is 48.5 Å². The maximum atomic E-state index is 12.1. The van der Waals surface area contributed by atoms with Gasteiger partial charge in [-0.25, -0.2) is 4.79 Å². The van der Waals surface area contributed by atoms with Crippen LogP contribution in [0.1, 0.15) is 40.5 Å². The van der Waals surface area contributed by atoms with Crippen LogP contribution < -0.4 is 0 Å². The van der Waals surface area contributed by atoms with Gasteiger partial charge in [0.2, 0.25) is 0 Å². The van der Waals surface area contributed by atoms with E-state index in [0.29, 0.717) is 6.42 Å². The molecule has 20 heavy (non-hydrogen) atoms. The molecule has 0 bridgehead atoms. The van der Waals surface area contributed by atoms with Crippen LogP contribution in [0.5, 0.6) is 0 Å². The highest BCUT2D eigenvalue weighted by atomic mass is 16.6. The molecule has 1 fully saturated rings. The molecule has 6 nitrogen and oxygen atoms in total. The number of carbonyl (C=O) groups excluding carboxylic acids is 3. The van der Waals surface area contributed by atoms with Gasteiger partial charge in [-0.1, -0.05) is 6.92 Å². The number of esters is 1. The van der Waals surface area contributed by atoms with Crippen molar-refractivity contribution in [3.63, 3.8) is 0 Å². The molecule has 114 valence electrons. The Morgan fingerprint density at radius 3 is 2.40 bits per heavy atom. The third-order valence-electron chi connectivity index (χ3n) is 3.43. The predicted octanol–water partition coefficient (Wildman–Crippen LogP) is 1.77. The molecule has 1 aliphatic heterocycles. The smallest absolute Gasteiger partial charge is 0.410 e. The molecule has 0 unspecified atom stereocenters. The lowest BCUT2D eigenvalue weighted by molar-refractivity contribution is -0.161. The van der Waals surface area contributed by atoms with E-state index in [0.717, 1.165) is 0 Å². The van der Waals surface area contributed by atoms with E-state index in [9.17, 15) is 14.4 Å². The van der Waals surface area contributed by atoms with Crippen molar-refractivity contribution in [3.05, 3.63) is 0 Å². The van der Waals surface area contributed by atoms with E-state index in [2.05, 4.69) is 0 Å². The Kier molecular flexibility index (Phi) is 4.78. The molecule has 0 aromatic carbocycles. The Labute approximate surface area is 119 Å². The lowest BCUT2D eigenvalue weighted by Gasteiger charge is -2.39. The number of likely N-dealkylation sites (tertiary alicyclic amines) is 1. The Morgan fingerprint density at radius 2 is 1.95 bits per heavy atom. The molecule has 1 atom stereocenters. The standard InChI is InChI=1S/C14H23NO5/c1-6-14(11(17)19-5)9-15(8-7-10(14)16)12(18)20-13(2,3)4/h6-9H2,1-5H3/t14-/m1/s1. The molecular weight excluding hydrogens is 262 g/mol. The fourth-order valence-corrected chi connectivity index (χ4v) is 2.28. The maximum absolute atomic E-state index is 12.1. The zero-order valence-corrected chi connectivity index (χ0v) is 12.8. The van der Waals surface area contributed by atoms with E-state index in [4.69, 9.17) is 9.47 Å². The molecule has 0 saturated carbocycles. The second-order valence-electron chi connectivity index (χ2n) is 6.00. The number of amides is 1. The molecule has 0 aromatic heterocycles. The van der Waals surface area contributed by atoms with E-state index in [1.165, 1.54) is 12.0 Å². The lowest BCUT2D eigenvalue weighted by atomic mass is 9.76. The van der Waals surface area contributed by atoms with Crippen molar-refractivity contribution in [2.24, 2.45) is 5.41 Å². The van der Waals surface area contributed by atoms with E-state index in [1.54, 1.807) is 27.7 Å². The Morgan fingerprint density at radius 1 is 1.35 bits per heavy atom. The Balaban J connectivity index is 2.92. The summed E-state index contributed by atoms with van der Waals surface area (Å²) >= 11 is 0. The summed E-state index contributed by atoms with van der Waals surface area (Å²) in [6.45, 7) is 7.35. The highest BCUT2D eigenvalue weighted by molar-refractivity contribution is 6.05. The highest BCUT2D eigenvalue weighted by Crippen LogP contribution is 2.32.